The summed E-state index contributed by atoms with van der Waals surface area (Å²) in [6.07, 6.45) is 3.21. The highest BCUT2D eigenvalue weighted by Gasteiger charge is 2.60. The number of benzene rings is 1. The van der Waals surface area contributed by atoms with Crippen molar-refractivity contribution in [2.45, 2.75) is 13.8 Å². The van der Waals surface area contributed by atoms with Gasteiger partial charge >= 0.3 is 0 Å². The van der Waals surface area contributed by atoms with Crippen LogP contribution in [0.3, 0.4) is 0 Å². The minimum Gasteiger partial charge on any atom is -0.496 e. The summed E-state index contributed by atoms with van der Waals surface area (Å²) in [5, 5.41) is 4.05. The van der Waals surface area contributed by atoms with Crippen LogP contribution in [-0.4, -0.2) is 26.3 Å². The maximum absolute atomic E-state index is 12.4. The fourth-order valence-electron chi connectivity index (χ4n) is 2.87. The molecule has 0 bridgehead atoms. The van der Waals surface area contributed by atoms with E-state index in [0.717, 1.165) is 0 Å². The highest BCUT2D eigenvalue weighted by Crippen LogP contribution is 2.59. The Labute approximate surface area is 165 Å². The summed E-state index contributed by atoms with van der Waals surface area (Å²) in [5.74, 6) is 0.819. The number of hydrogen-bond acceptors (Lipinski definition) is 4. The van der Waals surface area contributed by atoms with E-state index in [-0.39, 0.29) is 27.6 Å². The van der Waals surface area contributed by atoms with E-state index in [9.17, 15) is 4.79 Å². The van der Waals surface area contributed by atoms with Crippen molar-refractivity contribution in [2.24, 2.45) is 22.4 Å². The van der Waals surface area contributed by atoms with E-state index in [1.165, 1.54) is 6.21 Å². The number of hydrazone groups is 1. The molecule has 1 amide bonds. The second kappa shape index (κ2) is 7.98. The van der Waals surface area contributed by atoms with E-state index in [2.05, 4.69) is 26.5 Å². The number of methoxy groups -OCH3 is 2. The Morgan fingerprint density at radius 3 is 2.44 bits per heavy atom. The van der Waals surface area contributed by atoms with Gasteiger partial charge in [-0.1, -0.05) is 37.0 Å². The number of carbonyl (C=O) groups is 1. The summed E-state index contributed by atoms with van der Waals surface area (Å²) in [5.41, 5.74) is 3.02. The zero-order valence-electron chi connectivity index (χ0n) is 14.3. The van der Waals surface area contributed by atoms with Gasteiger partial charge in [0.25, 0.3) is 0 Å². The van der Waals surface area contributed by atoms with Crippen LogP contribution in [0.15, 0.2) is 32.3 Å². The van der Waals surface area contributed by atoms with Gasteiger partial charge in [0.05, 0.1) is 36.4 Å². The molecule has 0 spiro atoms. The fraction of sp³-hybridized carbons (Fsp3) is 0.412. The summed E-state index contributed by atoms with van der Waals surface area (Å²) < 4.78 is 11.4. The van der Waals surface area contributed by atoms with Gasteiger partial charge in [-0.3, -0.25) is 4.79 Å². The maximum Gasteiger partial charge on any atom is 0.244 e. The van der Waals surface area contributed by atoms with Crippen molar-refractivity contribution in [1.82, 2.24) is 5.43 Å². The number of allylic oxidation sites excluding steroid dienone is 1. The van der Waals surface area contributed by atoms with Gasteiger partial charge in [0.15, 0.2) is 0 Å². The maximum atomic E-state index is 12.4. The highest BCUT2D eigenvalue weighted by atomic mass is 79.9. The summed E-state index contributed by atoms with van der Waals surface area (Å²) >= 11 is 14.9. The number of ether oxygens (including phenoxy) is 2. The molecule has 0 unspecified atom stereocenters. The molecule has 1 saturated carbocycles. The Bertz CT molecular complexity index is 731. The molecule has 1 fully saturated rings. The van der Waals surface area contributed by atoms with Crippen molar-refractivity contribution >= 4 is 51.3 Å². The van der Waals surface area contributed by atoms with Crippen molar-refractivity contribution < 1.29 is 14.3 Å². The first-order valence-electron chi connectivity index (χ1n) is 7.50. The van der Waals surface area contributed by atoms with E-state index in [1.54, 1.807) is 32.4 Å². The van der Waals surface area contributed by atoms with Crippen LogP contribution in [0.25, 0.3) is 0 Å². The molecule has 0 saturated heterocycles. The lowest BCUT2D eigenvalue weighted by molar-refractivity contribution is -0.123. The lowest BCUT2D eigenvalue weighted by Crippen LogP contribution is -2.22. The summed E-state index contributed by atoms with van der Waals surface area (Å²) in [7, 11) is 3.13. The number of nitrogens with zero attached hydrogens (tertiary/aromatic N) is 1. The Balaban J connectivity index is 2.12. The van der Waals surface area contributed by atoms with Gasteiger partial charge in [-0.2, -0.15) is 5.10 Å². The van der Waals surface area contributed by atoms with Crippen molar-refractivity contribution in [2.75, 3.05) is 14.2 Å². The predicted octanol–water partition coefficient (Wildman–Crippen LogP) is 4.51. The third-order valence-corrected chi connectivity index (χ3v) is 5.48. The lowest BCUT2D eigenvalue weighted by atomic mass is 10.1. The van der Waals surface area contributed by atoms with Gasteiger partial charge in [0, 0.05) is 0 Å². The largest absolute Gasteiger partial charge is 0.496 e. The Kier molecular flexibility index (Phi) is 6.40. The number of hydrogen-bond donors (Lipinski definition) is 1. The molecule has 2 atom stereocenters. The van der Waals surface area contributed by atoms with Gasteiger partial charge in [-0.05, 0) is 45.5 Å². The number of nitrogens with one attached hydrogen (secondary N) is 1. The smallest absolute Gasteiger partial charge is 0.244 e. The topological polar surface area (TPSA) is 59.9 Å². The first kappa shape index (κ1) is 20.1. The van der Waals surface area contributed by atoms with Crippen LogP contribution < -0.4 is 14.9 Å². The molecule has 0 aliphatic heterocycles. The van der Waals surface area contributed by atoms with Crippen LogP contribution in [0.5, 0.6) is 11.5 Å². The molecule has 136 valence electrons. The van der Waals surface area contributed by atoms with Crippen LogP contribution >= 0.6 is 39.1 Å². The number of carbonyl (C=O) groups excluding carboxylic acids is 1. The van der Waals surface area contributed by atoms with Gasteiger partial charge in [-0.15, -0.1) is 0 Å². The lowest BCUT2D eigenvalue weighted by Gasteiger charge is -2.10. The Morgan fingerprint density at radius 1 is 1.28 bits per heavy atom. The Morgan fingerprint density at radius 2 is 1.88 bits per heavy atom. The highest BCUT2D eigenvalue weighted by molar-refractivity contribution is 9.10. The van der Waals surface area contributed by atoms with Crippen molar-refractivity contribution in [3.63, 3.8) is 0 Å². The second-order valence-corrected chi connectivity index (χ2v) is 8.01. The van der Waals surface area contributed by atoms with Gasteiger partial charge in [-0.25, -0.2) is 5.43 Å². The molecule has 0 aromatic heterocycles. The quantitative estimate of drug-likeness (QED) is 0.513. The molecule has 1 N–H and O–H groups in total. The van der Waals surface area contributed by atoms with E-state index in [4.69, 9.17) is 32.7 Å². The molecule has 25 heavy (non-hydrogen) atoms. The molecule has 1 aromatic carbocycles. The number of halogens is 3. The predicted molar refractivity (Wildman–Crippen MR) is 104 cm³/mol. The average Bonchev–Trinajstić information content (AvgIpc) is 3.08. The van der Waals surface area contributed by atoms with E-state index in [1.807, 2.05) is 13.8 Å². The molecular weight excluding hydrogens is 431 g/mol. The van der Waals surface area contributed by atoms with Gasteiger partial charge in [0.2, 0.25) is 5.91 Å². The molecule has 1 aromatic rings. The molecule has 8 heteroatoms. The van der Waals surface area contributed by atoms with Crippen LogP contribution in [0.1, 0.15) is 19.4 Å². The minimum absolute atomic E-state index is 0.00853. The van der Waals surface area contributed by atoms with Gasteiger partial charge in [0.1, 0.15) is 16.0 Å². The van der Waals surface area contributed by atoms with E-state index in [0.29, 0.717) is 21.5 Å². The summed E-state index contributed by atoms with van der Waals surface area (Å²) in [6, 6.07) is 3.54. The first-order valence-corrected chi connectivity index (χ1v) is 9.05. The average molecular weight is 450 g/mol. The molecule has 0 radical (unpaired) electrons. The third-order valence-electron chi connectivity index (χ3n) is 4.41. The van der Waals surface area contributed by atoms with Crippen LogP contribution in [0, 0.1) is 17.3 Å². The summed E-state index contributed by atoms with van der Waals surface area (Å²) in [4.78, 5) is 12.4. The van der Waals surface area contributed by atoms with Crippen LogP contribution in [0.2, 0.25) is 0 Å². The minimum atomic E-state index is -0.229. The van der Waals surface area contributed by atoms with Gasteiger partial charge < -0.3 is 9.47 Å². The molecule has 0 heterocycles. The van der Waals surface area contributed by atoms with Crippen LogP contribution in [-0.2, 0) is 4.79 Å². The number of rotatable bonds is 6. The van der Waals surface area contributed by atoms with Crippen LogP contribution in [0.4, 0.5) is 0 Å². The summed E-state index contributed by atoms with van der Waals surface area (Å²) in [6.45, 7) is 3.97. The fourth-order valence-corrected chi connectivity index (χ4v) is 3.73. The first-order chi connectivity index (χ1) is 11.7. The third kappa shape index (κ3) is 4.30. The molecule has 1 aliphatic carbocycles. The molecule has 1 aliphatic rings. The monoisotopic (exact) mass is 448 g/mol. The van der Waals surface area contributed by atoms with Crippen molar-refractivity contribution in [3.05, 3.63) is 32.7 Å². The molecule has 2 rings (SSSR count). The zero-order chi connectivity index (χ0) is 18.8. The number of amides is 1. The zero-order valence-corrected chi connectivity index (χ0v) is 17.4. The second-order valence-electron chi connectivity index (χ2n) is 6.21. The molecule has 5 nitrogen and oxygen atoms in total. The Hall–Kier alpha value is -1.24. The normalized spacial score (nSPS) is 20.9. The van der Waals surface area contributed by atoms with E-state index < -0.39 is 0 Å². The van der Waals surface area contributed by atoms with E-state index >= 15 is 0 Å². The van der Waals surface area contributed by atoms with Crippen molar-refractivity contribution in [3.8, 4) is 11.5 Å². The van der Waals surface area contributed by atoms with Crippen molar-refractivity contribution in [1.29, 1.82) is 0 Å². The molecular formula is C17H19BrCl2N2O3. The SMILES string of the molecule is COc1ccc(OC)c(/C=N\NC(=O)[C@H]2[C@@H](C=C(Cl)Cl)C2(C)C)c1Br. The standard InChI is InChI=1S/C17H19BrCl2N2O3/c1-17(2)10(7-13(19)20)14(17)16(23)22-21-8-9-11(24-3)5-6-12(25-4)15(9)18/h5-8,10,14H,1-4H3,(H,22,23)/b21-8-/t10-,14-/m1/s1.